The topological polar surface area (TPSA) is 34.1 Å². The third kappa shape index (κ3) is 4.88. The molecule has 0 heterocycles. The molecule has 0 aliphatic carbocycles. The molecule has 0 aromatic heterocycles. The van der Waals surface area contributed by atoms with Crippen LogP contribution >= 0.6 is 0 Å². The zero-order chi connectivity index (χ0) is 18.5. The highest BCUT2D eigenvalue weighted by atomic mass is 16.1. The lowest BCUT2D eigenvalue weighted by Crippen LogP contribution is -2.27. The van der Waals surface area contributed by atoms with Gasteiger partial charge >= 0.3 is 0 Å². The third-order valence-electron chi connectivity index (χ3n) is 4.90. The molecule has 2 aromatic carbocycles. The molecular weight excluding hydrogens is 308 g/mol. The van der Waals surface area contributed by atoms with Crippen molar-refractivity contribution < 1.29 is 9.59 Å². The summed E-state index contributed by atoms with van der Waals surface area (Å²) in [7, 11) is 0. The number of rotatable bonds is 8. The van der Waals surface area contributed by atoms with Gasteiger partial charge in [0.1, 0.15) is 0 Å². The fourth-order valence-corrected chi connectivity index (χ4v) is 3.16. The van der Waals surface area contributed by atoms with Gasteiger partial charge in [0.05, 0.1) is 0 Å². The van der Waals surface area contributed by atoms with Crippen LogP contribution in [0.3, 0.4) is 0 Å². The van der Waals surface area contributed by atoms with Gasteiger partial charge in [-0.15, -0.1) is 0 Å². The molecule has 0 radical (unpaired) electrons. The highest BCUT2D eigenvalue weighted by Crippen LogP contribution is 2.33. The van der Waals surface area contributed by atoms with E-state index in [1.54, 1.807) is 0 Å². The van der Waals surface area contributed by atoms with E-state index in [4.69, 9.17) is 0 Å². The normalized spacial score (nSPS) is 12.0. The number of benzene rings is 2. The van der Waals surface area contributed by atoms with Crippen molar-refractivity contribution in [3.05, 3.63) is 71.8 Å². The molecule has 25 heavy (non-hydrogen) atoms. The summed E-state index contributed by atoms with van der Waals surface area (Å²) in [6.45, 7) is 7.98. The first-order valence-electron chi connectivity index (χ1n) is 8.94. The van der Waals surface area contributed by atoms with Crippen LogP contribution in [0, 0.1) is 10.8 Å². The number of ketones is 2. The molecule has 0 saturated heterocycles. The predicted molar refractivity (Wildman–Crippen MR) is 103 cm³/mol. The molecule has 0 fully saturated rings. The quantitative estimate of drug-likeness (QED) is 0.556. The molecule has 0 spiro atoms. The van der Waals surface area contributed by atoms with Crippen LogP contribution in [0.4, 0.5) is 0 Å². The van der Waals surface area contributed by atoms with E-state index in [2.05, 4.69) is 0 Å². The Labute approximate surface area is 151 Å². The highest BCUT2D eigenvalue weighted by Gasteiger charge is 2.32. The van der Waals surface area contributed by atoms with Crippen LogP contribution in [0.25, 0.3) is 0 Å². The van der Waals surface area contributed by atoms with Gasteiger partial charge in [-0.2, -0.15) is 0 Å². The maximum atomic E-state index is 12.7. The van der Waals surface area contributed by atoms with E-state index in [0.717, 1.165) is 30.4 Å². The van der Waals surface area contributed by atoms with Crippen molar-refractivity contribution in [3.8, 4) is 0 Å². The first-order valence-corrected chi connectivity index (χ1v) is 8.94. The molecule has 0 atom stereocenters. The molecule has 0 saturated carbocycles. The minimum absolute atomic E-state index is 0.167. The third-order valence-corrected chi connectivity index (χ3v) is 4.90. The average Bonchev–Trinajstić information content (AvgIpc) is 2.61. The maximum absolute atomic E-state index is 12.7. The summed E-state index contributed by atoms with van der Waals surface area (Å²) in [5.74, 6) is 0.334. The summed E-state index contributed by atoms with van der Waals surface area (Å²) in [6.07, 6.45) is 2.38. The number of carbonyl (C=O) groups is 2. The monoisotopic (exact) mass is 336 g/mol. The maximum Gasteiger partial charge on any atom is 0.168 e. The van der Waals surface area contributed by atoms with Crippen molar-refractivity contribution in [2.24, 2.45) is 10.8 Å². The molecule has 2 rings (SSSR count). The van der Waals surface area contributed by atoms with Crippen molar-refractivity contribution in [2.45, 2.75) is 47.0 Å². The van der Waals surface area contributed by atoms with E-state index in [9.17, 15) is 9.59 Å². The average molecular weight is 336 g/mol. The largest absolute Gasteiger partial charge is 0.294 e. The fourth-order valence-electron chi connectivity index (χ4n) is 3.16. The molecule has 0 aliphatic heterocycles. The van der Waals surface area contributed by atoms with Gasteiger partial charge in [0.2, 0.25) is 0 Å². The molecule has 0 bridgehead atoms. The number of hydrogen-bond donors (Lipinski definition) is 0. The summed E-state index contributed by atoms with van der Waals surface area (Å²) < 4.78 is 0. The Balaban J connectivity index is 1.96. The molecular formula is C23H28O2. The highest BCUT2D eigenvalue weighted by molar-refractivity contribution is 6.00. The molecule has 0 unspecified atom stereocenters. The molecule has 0 N–H and O–H groups in total. The Morgan fingerprint density at radius 3 is 1.28 bits per heavy atom. The lowest BCUT2D eigenvalue weighted by Gasteiger charge is -2.27. The van der Waals surface area contributed by atoms with E-state index in [1.165, 1.54) is 0 Å². The Kier molecular flexibility index (Phi) is 5.94. The van der Waals surface area contributed by atoms with Crippen LogP contribution in [0.5, 0.6) is 0 Å². The first kappa shape index (κ1) is 19.1. The Hall–Kier alpha value is -2.22. The predicted octanol–water partition coefficient (Wildman–Crippen LogP) is 5.97. The number of hydrogen-bond acceptors (Lipinski definition) is 2. The van der Waals surface area contributed by atoms with E-state index < -0.39 is 10.8 Å². The molecule has 0 amide bonds. The summed E-state index contributed by atoms with van der Waals surface area (Å²) in [5.41, 5.74) is 0.666. The van der Waals surface area contributed by atoms with Crippen molar-refractivity contribution >= 4 is 11.6 Å². The van der Waals surface area contributed by atoms with Crippen molar-refractivity contribution in [1.29, 1.82) is 0 Å². The summed E-state index contributed by atoms with van der Waals surface area (Å²) in [5, 5.41) is 0. The van der Waals surface area contributed by atoms with Gasteiger partial charge in [-0.25, -0.2) is 0 Å². The van der Waals surface area contributed by atoms with Crippen LogP contribution in [0.2, 0.25) is 0 Å². The van der Waals surface area contributed by atoms with Gasteiger partial charge in [0.15, 0.2) is 11.6 Å². The van der Waals surface area contributed by atoms with E-state index in [0.29, 0.717) is 0 Å². The minimum atomic E-state index is -0.423. The molecule has 2 heteroatoms. The van der Waals surface area contributed by atoms with Gasteiger partial charge in [0, 0.05) is 22.0 Å². The van der Waals surface area contributed by atoms with Crippen LogP contribution in [-0.4, -0.2) is 11.6 Å². The fraction of sp³-hybridized carbons (Fsp3) is 0.391. The van der Waals surface area contributed by atoms with Crippen molar-refractivity contribution in [2.75, 3.05) is 0 Å². The number of carbonyl (C=O) groups excluding carboxylic acids is 2. The van der Waals surface area contributed by atoms with Crippen LogP contribution < -0.4 is 0 Å². The van der Waals surface area contributed by atoms with Crippen LogP contribution in [0.1, 0.15) is 67.7 Å². The smallest absolute Gasteiger partial charge is 0.168 e. The number of Topliss-reactive ketones (excluding diaryl/α,β-unsaturated/α-hetero) is 2. The zero-order valence-corrected chi connectivity index (χ0v) is 15.7. The summed E-state index contributed by atoms with van der Waals surface area (Å²) >= 11 is 0. The van der Waals surface area contributed by atoms with Gasteiger partial charge in [-0.3, -0.25) is 9.59 Å². The van der Waals surface area contributed by atoms with Crippen LogP contribution in [0.15, 0.2) is 60.7 Å². The Morgan fingerprint density at radius 2 is 0.960 bits per heavy atom. The van der Waals surface area contributed by atoms with Crippen molar-refractivity contribution in [3.63, 3.8) is 0 Å². The molecule has 132 valence electrons. The van der Waals surface area contributed by atoms with Crippen LogP contribution in [-0.2, 0) is 0 Å². The van der Waals surface area contributed by atoms with Gasteiger partial charge < -0.3 is 0 Å². The Bertz CT molecular complexity index is 649. The zero-order valence-electron chi connectivity index (χ0n) is 15.7. The first-order chi connectivity index (χ1) is 11.7. The summed E-state index contributed by atoms with van der Waals surface area (Å²) in [4.78, 5) is 25.4. The summed E-state index contributed by atoms with van der Waals surface area (Å²) in [6, 6.07) is 18.9. The molecule has 2 aromatic rings. The van der Waals surface area contributed by atoms with E-state index in [-0.39, 0.29) is 11.6 Å². The second kappa shape index (κ2) is 7.77. The van der Waals surface area contributed by atoms with Crippen molar-refractivity contribution in [1.82, 2.24) is 0 Å². The van der Waals surface area contributed by atoms with E-state index >= 15 is 0 Å². The minimum Gasteiger partial charge on any atom is -0.294 e. The standard InChI is InChI=1S/C23H28O2/c1-22(2,20(24)18-12-7-5-8-13-18)16-11-17-23(3,4)21(25)19-14-9-6-10-15-19/h5-10,12-15H,11,16-17H2,1-4H3. The second-order valence-electron chi connectivity index (χ2n) is 8.01. The van der Waals surface area contributed by atoms with Gasteiger partial charge in [-0.1, -0.05) is 94.8 Å². The van der Waals surface area contributed by atoms with Gasteiger partial charge in [0.25, 0.3) is 0 Å². The molecule has 2 nitrogen and oxygen atoms in total. The van der Waals surface area contributed by atoms with Gasteiger partial charge in [-0.05, 0) is 12.8 Å². The van der Waals surface area contributed by atoms with E-state index in [1.807, 2.05) is 88.4 Å². The second-order valence-corrected chi connectivity index (χ2v) is 8.01. The SMILES string of the molecule is CC(C)(CCCC(C)(C)C(=O)c1ccccc1)C(=O)c1ccccc1. The lowest BCUT2D eigenvalue weighted by atomic mass is 9.75. The lowest BCUT2D eigenvalue weighted by molar-refractivity contribution is 0.0789. The Morgan fingerprint density at radius 1 is 0.640 bits per heavy atom. The molecule has 0 aliphatic rings.